The van der Waals surface area contributed by atoms with Gasteiger partial charge < -0.3 is 10.1 Å². The molecule has 0 radical (unpaired) electrons. The topological polar surface area (TPSA) is 21.3 Å². The average Bonchev–Trinajstić information content (AvgIpc) is 2.18. The van der Waals surface area contributed by atoms with Crippen LogP contribution in [0.3, 0.4) is 0 Å². The van der Waals surface area contributed by atoms with E-state index in [1.807, 2.05) is 0 Å². The molecule has 0 unspecified atom stereocenters. The maximum Gasteiger partial charge on any atom is 0.573 e. The fourth-order valence-electron chi connectivity index (χ4n) is 1.21. The van der Waals surface area contributed by atoms with E-state index in [9.17, 15) is 17.6 Å². The van der Waals surface area contributed by atoms with Crippen molar-refractivity contribution in [3.8, 4) is 5.75 Å². The number of hydrogen-bond acceptors (Lipinski definition) is 2. The summed E-state index contributed by atoms with van der Waals surface area (Å²) in [6, 6.07) is 2.53. The van der Waals surface area contributed by atoms with Gasteiger partial charge in [-0.2, -0.15) is 0 Å². The summed E-state index contributed by atoms with van der Waals surface area (Å²) in [6.45, 7) is 1.63. The molecule has 0 fully saturated rings. The van der Waals surface area contributed by atoms with Gasteiger partial charge in [0.25, 0.3) is 0 Å². The standard InChI is InChI=1S/C10H11F4NO/c1-6(15-2)8-5-7(3-4-9(8)11)16-10(12,13)14/h3-6,15H,1-2H3/t6-/m1/s1. The molecule has 6 heteroatoms. The van der Waals surface area contributed by atoms with Crippen LogP contribution in [0.25, 0.3) is 0 Å². The summed E-state index contributed by atoms with van der Waals surface area (Å²) in [5.41, 5.74) is 0.129. The maximum absolute atomic E-state index is 13.3. The van der Waals surface area contributed by atoms with Gasteiger partial charge in [-0.15, -0.1) is 13.2 Å². The Balaban J connectivity index is 2.98. The van der Waals surface area contributed by atoms with Crippen LogP contribution in [0.15, 0.2) is 18.2 Å². The fraction of sp³-hybridized carbons (Fsp3) is 0.400. The van der Waals surface area contributed by atoms with Gasteiger partial charge in [-0.3, -0.25) is 0 Å². The van der Waals surface area contributed by atoms with Crippen molar-refractivity contribution in [2.24, 2.45) is 0 Å². The van der Waals surface area contributed by atoms with Crippen molar-refractivity contribution in [3.05, 3.63) is 29.6 Å². The SMILES string of the molecule is CN[C@H](C)c1cc(OC(F)(F)F)ccc1F. The molecule has 0 aromatic heterocycles. The van der Waals surface area contributed by atoms with Gasteiger partial charge in [-0.25, -0.2) is 4.39 Å². The molecule has 0 aliphatic rings. The number of ether oxygens (including phenoxy) is 1. The molecule has 0 saturated carbocycles. The van der Waals surface area contributed by atoms with Gasteiger partial charge in [0.2, 0.25) is 0 Å². The van der Waals surface area contributed by atoms with Crippen LogP contribution >= 0.6 is 0 Å². The first-order valence-electron chi connectivity index (χ1n) is 4.56. The predicted octanol–water partition coefficient (Wildman–Crippen LogP) is 3.00. The van der Waals surface area contributed by atoms with E-state index >= 15 is 0 Å². The number of hydrogen-bond donors (Lipinski definition) is 1. The highest BCUT2D eigenvalue weighted by molar-refractivity contribution is 5.31. The Labute approximate surface area is 90.2 Å². The molecule has 0 saturated heterocycles. The van der Waals surface area contributed by atoms with Crippen molar-refractivity contribution in [3.63, 3.8) is 0 Å². The number of benzene rings is 1. The third-order valence-corrected chi connectivity index (χ3v) is 2.10. The highest BCUT2D eigenvalue weighted by Crippen LogP contribution is 2.27. The third-order valence-electron chi connectivity index (χ3n) is 2.10. The molecule has 90 valence electrons. The summed E-state index contributed by atoms with van der Waals surface area (Å²) in [6.07, 6.45) is -4.77. The summed E-state index contributed by atoms with van der Waals surface area (Å²) >= 11 is 0. The highest BCUT2D eigenvalue weighted by atomic mass is 19.4. The number of alkyl halides is 3. The predicted molar refractivity (Wildman–Crippen MR) is 50.6 cm³/mol. The molecule has 0 spiro atoms. The Morgan fingerprint density at radius 2 is 1.94 bits per heavy atom. The minimum atomic E-state index is -4.77. The second kappa shape index (κ2) is 4.69. The van der Waals surface area contributed by atoms with E-state index in [1.165, 1.54) is 0 Å². The highest BCUT2D eigenvalue weighted by Gasteiger charge is 2.31. The number of halogens is 4. The van der Waals surface area contributed by atoms with E-state index in [4.69, 9.17) is 0 Å². The summed E-state index contributed by atoms with van der Waals surface area (Å²) in [7, 11) is 1.58. The van der Waals surface area contributed by atoms with Crippen molar-refractivity contribution in [2.75, 3.05) is 7.05 Å². The summed E-state index contributed by atoms with van der Waals surface area (Å²) in [5, 5.41) is 2.74. The summed E-state index contributed by atoms with van der Waals surface area (Å²) in [5.74, 6) is -0.998. The van der Waals surface area contributed by atoms with Crippen molar-refractivity contribution in [1.82, 2.24) is 5.32 Å². The van der Waals surface area contributed by atoms with Crippen molar-refractivity contribution < 1.29 is 22.3 Å². The average molecular weight is 237 g/mol. The summed E-state index contributed by atoms with van der Waals surface area (Å²) in [4.78, 5) is 0. The Bertz CT molecular complexity index is 364. The van der Waals surface area contributed by atoms with Crippen LogP contribution < -0.4 is 10.1 Å². The van der Waals surface area contributed by atoms with Crippen molar-refractivity contribution in [2.45, 2.75) is 19.3 Å². The number of nitrogens with one attached hydrogen (secondary N) is 1. The molecule has 1 aromatic rings. The van der Waals surface area contributed by atoms with Crippen LogP contribution in [0.4, 0.5) is 17.6 Å². The quantitative estimate of drug-likeness (QED) is 0.816. The van der Waals surface area contributed by atoms with E-state index < -0.39 is 24.0 Å². The lowest BCUT2D eigenvalue weighted by molar-refractivity contribution is -0.274. The molecular formula is C10H11F4NO. The second-order valence-electron chi connectivity index (χ2n) is 3.24. The molecule has 2 nitrogen and oxygen atoms in total. The van der Waals surface area contributed by atoms with Gasteiger partial charge in [0.1, 0.15) is 11.6 Å². The largest absolute Gasteiger partial charge is 0.573 e. The minimum Gasteiger partial charge on any atom is -0.406 e. The first-order chi connectivity index (χ1) is 7.33. The molecule has 0 aliphatic carbocycles. The van der Waals surface area contributed by atoms with Gasteiger partial charge in [0, 0.05) is 11.6 Å². The van der Waals surface area contributed by atoms with E-state index in [-0.39, 0.29) is 5.56 Å². The second-order valence-corrected chi connectivity index (χ2v) is 3.24. The minimum absolute atomic E-state index is 0.129. The van der Waals surface area contributed by atoms with Gasteiger partial charge in [-0.1, -0.05) is 0 Å². The lowest BCUT2D eigenvalue weighted by Gasteiger charge is -2.14. The molecule has 16 heavy (non-hydrogen) atoms. The molecule has 1 N–H and O–H groups in total. The normalized spacial score (nSPS) is 13.6. The molecule has 0 amide bonds. The van der Waals surface area contributed by atoms with Gasteiger partial charge in [0.05, 0.1) is 0 Å². The van der Waals surface area contributed by atoms with E-state index in [0.717, 1.165) is 18.2 Å². The molecule has 1 aromatic carbocycles. The number of rotatable bonds is 3. The lowest BCUT2D eigenvalue weighted by atomic mass is 10.1. The first kappa shape index (κ1) is 12.8. The van der Waals surface area contributed by atoms with E-state index in [1.54, 1.807) is 14.0 Å². The van der Waals surface area contributed by atoms with E-state index in [2.05, 4.69) is 10.1 Å². The summed E-state index contributed by atoms with van der Waals surface area (Å²) < 4.78 is 52.7. The molecular weight excluding hydrogens is 226 g/mol. The zero-order valence-corrected chi connectivity index (χ0v) is 8.73. The Morgan fingerprint density at radius 1 is 1.31 bits per heavy atom. The van der Waals surface area contributed by atoms with Crippen LogP contribution in [0.1, 0.15) is 18.5 Å². The zero-order valence-electron chi connectivity index (χ0n) is 8.73. The van der Waals surface area contributed by atoms with Crippen LogP contribution in [0.5, 0.6) is 5.75 Å². The molecule has 1 rings (SSSR count). The van der Waals surface area contributed by atoms with Gasteiger partial charge in [0.15, 0.2) is 0 Å². The Morgan fingerprint density at radius 3 is 2.44 bits per heavy atom. The Kier molecular flexibility index (Phi) is 3.74. The lowest BCUT2D eigenvalue weighted by Crippen LogP contribution is -2.18. The van der Waals surface area contributed by atoms with Crippen LogP contribution in [0, 0.1) is 5.82 Å². The van der Waals surface area contributed by atoms with Crippen LogP contribution in [-0.4, -0.2) is 13.4 Å². The van der Waals surface area contributed by atoms with Gasteiger partial charge >= 0.3 is 6.36 Å². The first-order valence-corrected chi connectivity index (χ1v) is 4.56. The van der Waals surface area contributed by atoms with Crippen molar-refractivity contribution in [1.29, 1.82) is 0 Å². The Hall–Kier alpha value is -1.30. The van der Waals surface area contributed by atoms with E-state index in [0.29, 0.717) is 0 Å². The van der Waals surface area contributed by atoms with Gasteiger partial charge in [-0.05, 0) is 32.2 Å². The zero-order chi connectivity index (χ0) is 12.3. The fourth-order valence-corrected chi connectivity index (χ4v) is 1.21. The molecule has 0 bridgehead atoms. The monoisotopic (exact) mass is 237 g/mol. The maximum atomic E-state index is 13.3. The smallest absolute Gasteiger partial charge is 0.406 e. The van der Waals surface area contributed by atoms with Crippen LogP contribution in [-0.2, 0) is 0 Å². The van der Waals surface area contributed by atoms with Crippen LogP contribution in [0.2, 0.25) is 0 Å². The molecule has 0 heterocycles. The third kappa shape index (κ3) is 3.37. The van der Waals surface area contributed by atoms with Crippen molar-refractivity contribution >= 4 is 0 Å². The molecule has 1 atom stereocenters. The molecule has 0 aliphatic heterocycles.